The lowest BCUT2D eigenvalue weighted by Gasteiger charge is -2.43. The molecule has 0 aromatic heterocycles. The first kappa shape index (κ1) is 16.8. The molecule has 3 atom stereocenters. The van der Waals surface area contributed by atoms with E-state index in [2.05, 4.69) is 0 Å². The molecule has 0 heterocycles. The highest BCUT2D eigenvalue weighted by Crippen LogP contribution is 2.67. The van der Waals surface area contributed by atoms with Crippen molar-refractivity contribution < 1.29 is 18.0 Å². The van der Waals surface area contributed by atoms with Crippen LogP contribution in [-0.4, -0.2) is 30.3 Å². The molecule has 5 heteroatoms. The fourth-order valence-electron chi connectivity index (χ4n) is 5.63. The van der Waals surface area contributed by atoms with Gasteiger partial charge in [-0.15, -0.1) is 0 Å². The Kier molecular flexibility index (Phi) is 3.50. The summed E-state index contributed by atoms with van der Waals surface area (Å²) < 4.78 is 40.8. The Morgan fingerprint density at radius 3 is 2.56 bits per heavy atom. The molecule has 0 radical (unpaired) electrons. The Morgan fingerprint density at radius 1 is 1.16 bits per heavy atom. The van der Waals surface area contributed by atoms with E-state index in [9.17, 15) is 18.0 Å². The number of Topliss-reactive ketones (excluding diaryl/α,β-unsaturated/α-hetero) is 1. The summed E-state index contributed by atoms with van der Waals surface area (Å²) in [5, 5.41) is 0. The highest BCUT2D eigenvalue weighted by molar-refractivity contribution is 6.02. The first-order valence-electron chi connectivity index (χ1n) is 8.84. The van der Waals surface area contributed by atoms with Gasteiger partial charge in [0.2, 0.25) is 0 Å². The first-order chi connectivity index (χ1) is 11.7. The number of carbonyl (C=O) groups excluding carboxylic acids is 1. The van der Waals surface area contributed by atoms with Crippen molar-refractivity contribution in [1.82, 2.24) is 4.90 Å². The SMILES string of the molecule is CN(C)[C@]12CC(=O)[C@@]3(C=C1c1ccccc1C(F)(F)F)CCCC[C@H]32. The minimum absolute atomic E-state index is 0.0903. The molecule has 2 saturated carbocycles. The zero-order valence-corrected chi connectivity index (χ0v) is 14.5. The van der Waals surface area contributed by atoms with Gasteiger partial charge in [-0.2, -0.15) is 13.2 Å². The molecule has 0 spiro atoms. The quantitative estimate of drug-likeness (QED) is 0.781. The third-order valence-corrected chi connectivity index (χ3v) is 6.67. The van der Waals surface area contributed by atoms with Crippen molar-refractivity contribution >= 4 is 11.4 Å². The van der Waals surface area contributed by atoms with Gasteiger partial charge in [0.05, 0.1) is 16.5 Å². The smallest absolute Gasteiger partial charge is 0.299 e. The highest BCUT2D eigenvalue weighted by Gasteiger charge is 2.68. The van der Waals surface area contributed by atoms with Crippen molar-refractivity contribution in [2.45, 2.75) is 43.8 Å². The van der Waals surface area contributed by atoms with E-state index in [-0.39, 0.29) is 17.3 Å². The molecule has 25 heavy (non-hydrogen) atoms. The molecule has 4 rings (SSSR count). The highest BCUT2D eigenvalue weighted by atomic mass is 19.4. The summed E-state index contributed by atoms with van der Waals surface area (Å²) >= 11 is 0. The van der Waals surface area contributed by atoms with E-state index < -0.39 is 22.7 Å². The summed E-state index contributed by atoms with van der Waals surface area (Å²) in [6, 6.07) is 5.80. The molecule has 0 amide bonds. The molecule has 2 nitrogen and oxygen atoms in total. The van der Waals surface area contributed by atoms with Crippen LogP contribution in [0.25, 0.3) is 5.57 Å². The molecule has 3 aliphatic rings. The van der Waals surface area contributed by atoms with Gasteiger partial charge in [0.25, 0.3) is 0 Å². The van der Waals surface area contributed by atoms with Crippen LogP contribution in [0.2, 0.25) is 0 Å². The van der Waals surface area contributed by atoms with Crippen LogP contribution in [0.1, 0.15) is 43.2 Å². The van der Waals surface area contributed by atoms with Crippen molar-refractivity contribution in [3.05, 3.63) is 41.5 Å². The minimum atomic E-state index is -4.40. The molecule has 0 saturated heterocycles. The largest absolute Gasteiger partial charge is 0.416 e. The number of hydrogen-bond acceptors (Lipinski definition) is 2. The van der Waals surface area contributed by atoms with Gasteiger partial charge < -0.3 is 0 Å². The van der Waals surface area contributed by atoms with Crippen LogP contribution in [0, 0.1) is 11.3 Å². The van der Waals surface area contributed by atoms with Crippen LogP contribution >= 0.6 is 0 Å². The van der Waals surface area contributed by atoms with Gasteiger partial charge >= 0.3 is 6.18 Å². The zero-order chi connectivity index (χ0) is 18.0. The number of allylic oxidation sites excluding steroid dienone is 1. The molecule has 0 unspecified atom stereocenters. The number of hydrogen-bond donors (Lipinski definition) is 0. The maximum Gasteiger partial charge on any atom is 0.416 e. The van der Waals surface area contributed by atoms with Gasteiger partial charge in [0, 0.05) is 6.42 Å². The van der Waals surface area contributed by atoms with Crippen molar-refractivity contribution in [2.75, 3.05) is 14.1 Å². The average molecular weight is 349 g/mol. The fraction of sp³-hybridized carbons (Fsp3) is 0.550. The number of nitrogens with zero attached hydrogens (tertiary/aromatic N) is 1. The minimum Gasteiger partial charge on any atom is -0.299 e. The summed E-state index contributed by atoms with van der Waals surface area (Å²) in [4.78, 5) is 14.9. The molecule has 2 bridgehead atoms. The van der Waals surface area contributed by atoms with Crippen molar-refractivity contribution in [2.24, 2.45) is 11.3 Å². The third kappa shape index (κ3) is 2.05. The maximum absolute atomic E-state index is 13.6. The van der Waals surface area contributed by atoms with Crippen molar-refractivity contribution in [3.8, 4) is 0 Å². The van der Waals surface area contributed by atoms with Gasteiger partial charge in [-0.3, -0.25) is 9.69 Å². The van der Waals surface area contributed by atoms with Gasteiger partial charge in [-0.05, 0) is 50.1 Å². The molecule has 3 aliphatic carbocycles. The van der Waals surface area contributed by atoms with E-state index in [4.69, 9.17) is 0 Å². The molecule has 134 valence electrons. The number of ketones is 1. The number of alkyl halides is 3. The predicted molar refractivity (Wildman–Crippen MR) is 89.9 cm³/mol. The van der Waals surface area contributed by atoms with E-state index in [1.807, 2.05) is 25.1 Å². The number of carbonyl (C=O) groups is 1. The maximum atomic E-state index is 13.6. The molecule has 1 aromatic rings. The molecular formula is C20H22F3NO. The number of likely N-dealkylation sites (N-methyl/N-ethyl adjacent to an activating group) is 1. The van der Waals surface area contributed by atoms with Gasteiger partial charge in [-0.25, -0.2) is 0 Å². The van der Waals surface area contributed by atoms with Gasteiger partial charge in [0.1, 0.15) is 5.78 Å². The second-order valence-corrected chi connectivity index (χ2v) is 7.86. The normalized spacial score (nSPS) is 34.4. The summed E-state index contributed by atoms with van der Waals surface area (Å²) in [5.41, 5.74) is -0.826. The Labute approximate surface area is 145 Å². The van der Waals surface area contributed by atoms with Crippen LogP contribution in [0.5, 0.6) is 0 Å². The summed E-state index contributed by atoms with van der Waals surface area (Å²) in [7, 11) is 3.79. The van der Waals surface area contributed by atoms with E-state index >= 15 is 0 Å². The number of benzene rings is 1. The average Bonchev–Trinajstić information content (AvgIpc) is 3.00. The van der Waals surface area contributed by atoms with E-state index in [0.717, 1.165) is 31.7 Å². The first-order valence-corrected chi connectivity index (χ1v) is 8.84. The standard InChI is InChI=1S/C20H22F3NO/c1-24(2)19-12-17(25)18(10-6-5-9-16(18)19)11-15(19)13-7-3-4-8-14(13)20(21,22)23/h3-4,7-8,11,16H,5-6,9-10,12H2,1-2H3/t16-,18-,19-/m1/s1. The second kappa shape index (κ2) is 5.19. The fourth-order valence-corrected chi connectivity index (χ4v) is 5.63. The van der Waals surface area contributed by atoms with Crippen LogP contribution in [0.3, 0.4) is 0 Å². The zero-order valence-electron chi connectivity index (χ0n) is 14.5. The van der Waals surface area contributed by atoms with E-state index in [1.165, 1.54) is 6.07 Å². The number of halogens is 3. The predicted octanol–water partition coefficient (Wildman–Crippen LogP) is 4.55. The lowest BCUT2D eigenvalue weighted by molar-refractivity contribution is -0.137. The van der Waals surface area contributed by atoms with Crippen molar-refractivity contribution in [1.29, 1.82) is 0 Å². The second-order valence-electron chi connectivity index (χ2n) is 7.86. The van der Waals surface area contributed by atoms with Crippen LogP contribution in [0.15, 0.2) is 30.3 Å². The Hall–Kier alpha value is -1.62. The monoisotopic (exact) mass is 349 g/mol. The van der Waals surface area contributed by atoms with Crippen LogP contribution < -0.4 is 0 Å². The third-order valence-electron chi connectivity index (χ3n) is 6.67. The number of rotatable bonds is 2. The topological polar surface area (TPSA) is 20.3 Å². The Morgan fingerprint density at radius 2 is 1.88 bits per heavy atom. The van der Waals surface area contributed by atoms with Crippen LogP contribution in [-0.2, 0) is 11.0 Å². The van der Waals surface area contributed by atoms with E-state index in [1.54, 1.807) is 12.1 Å². The van der Waals surface area contributed by atoms with Crippen molar-refractivity contribution in [3.63, 3.8) is 0 Å². The van der Waals surface area contributed by atoms with Crippen LogP contribution in [0.4, 0.5) is 13.2 Å². The summed E-state index contributed by atoms with van der Waals surface area (Å²) in [6.07, 6.45) is 1.51. The molecule has 2 fully saturated rings. The Bertz CT molecular complexity index is 766. The molecule has 0 N–H and O–H groups in total. The lowest BCUT2D eigenvalue weighted by Crippen LogP contribution is -2.48. The lowest BCUT2D eigenvalue weighted by atomic mass is 9.68. The molecule has 1 aromatic carbocycles. The summed E-state index contributed by atoms with van der Waals surface area (Å²) in [5.74, 6) is 0.298. The van der Waals surface area contributed by atoms with E-state index in [0.29, 0.717) is 12.0 Å². The van der Waals surface area contributed by atoms with Gasteiger partial charge in [0.15, 0.2) is 0 Å². The molecule has 0 aliphatic heterocycles. The van der Waals surface area contributed by atoms with Gasteiger partial charge in [-0.1, -0.05) is 37.1 Å². The molecular weight excluding hydrogens is 327 g/mol. The Balaban J connectivity index is 1.96. The summed E-state index contributed by atoms with van der Waals surface area (Å²) in [6.45, 7) is 0.